The number of hydrogen-bond acceptors (Lipinski definition) is 5. The fourth-order valence-corrected chi connectivity index (χ4v) is 4.82. The minimum atomic E-state index is -3.53. The molecule has 0 amide bonds. The van der Waals surface area contributed by atoms with Gasteiger partial charge in [-0.25, -0.2) is 8.42 Å². The van der Waals surface area contributed by atoms with E-state index in [1.807, 2.05) is 26.0 Å². The molecule has 0 spiro atoms. The molecule has 1 aliphatic rings. The van der Waals surface area contributed by atoms with Crippen LogP contribution >= 0.6 is 11.6 Å². The predicted molar refractivity (Wildman–Crippen MR) is 98.7 cm³/mol. The first-order chi connectivity index (χ1) is 11.8. The molecule has 0 saturated carbocycles. The van der Waals surface area contributed by atoms with Gasteiger partial charge in [0.1, 0.15) is 0 Å². The highest BCUT2D eigenvalue weighted by Crippen LogP contribution is 2.27. The van der Waals surface area contributed by atoms with Crippen molar-refractivity contribution < 1.29 is 8.42 Å². The highest BCUT2D eigenvalue weighted by Gasteiger charge is 2.30. The van der Waals surface area contributed by atoms with E-state index in [4.69, 9.17) is 11.6 Å². The molecule has 0 N–H and O–H groups in total. The van der Waals surface area contributed by atoms with Crippen molar-refractivity contribution in [3.63, 3.8) is 0 Å². The molecule has 0 bridgehead atoms. The van der Waals surface area contributed by atoms with Crippen LogP contribution in [-0.4, -0.2) is 49.1 Å². The Bertz CT molecular complexity index is 876. The molecule has 1 fully saturated rings. The SMILES string of the molecule is Cc1ccc(N2CCN(S(=O)(=O)c3cc(C)c(Cl)cc3C)CC2)nn1. The van der Waals surface area contributed by atoms with Crippen LogP contribution in [0.15, 0.2) is 29.2 Å². The summed E-state index contributed by atoms with van der Waals surface area (Å²) < 4.78 is 27.5. The van der Waals surface area contributed by atoms with Gasteiger partial charge in [0, 0.05) is 31.2 Å². The monoisotopic (exact) mass is 380 g/mol. The van der Waals surface area contributed by atoms with Gasteiger partial charge >= 0.3 is 0 Å². The van der Waals surface area contributed by atoms with Gasteiger partial charge < -0.3 is 4.90 Å². The Labute approximate surface area is 153 Å². The van der Waals surface area contributed by atoms with Crippen molar-refractivity contribution in [1.29, 1.82) is 0 Å². The van der Waals surface area contributed by atoms with Crippen LogP contribution in [0.2, 0.25) is 5.02 Å². The number of piperazine rings is 1. The quantitative estimate of drug-likeness (QED) is 0.818. The molecule has 0 atom stereocenters. The van der Waals surface area contributed by atoms with Crippen LogP contribution in [0.25, 0.3) is 0 Å². The summed E-state index contributed by atoms with van der Waals surface area (Å²) in [5.41, 5.74) is 2.29. The predicted octanol–water partition coefficient (Wildman–Crippen LogP) is 2.57. The molecule has 134 valence electrons. The number of hydrogen-bond donors (Lipinski definition) is 0. The van der Waals surface area contributed by atoms with E-state index in [1.165, 1.54) is 4.31 Å². The number of nitrogens with zero attached hydrogens (tertiary/aromatic N) is 4. The molecule has 0 unspecified atom stereocenters. The fourth-order valence-electron chi connectivity index (χ4n) is 2.89. The molecule has 1 aromatic heterocycles. The van der Waals surface area contributed by atoms with Gasteiger partial charge in [0.05, 0.1) is 10.6 Å². The molecule has 2 heterocycles. The van der Waals surface area contributed by atoms with Crippen molar-refractivity contribution in [3.05, 3.63) is 46.1 Å². The molecule has 1 saturated heterocycles. The lowest BCUT2D eigenvalue weighted by Crippen LogP contribution is -2.49. The summed E-state index contributed by atoms with van der Waals surface area (Å²) in [5, 5.41) is 8.82. The van der Waals surface area contributed by atoms with Crippen LogP contribution in [0.5, 0.6) is 0 Å². The number of rotatable bonds is 3. The van der Waals surface area contributed by atoms with Gasteiger partial charge in [-0.1, -0.05) is 11.6 Å². The molecule has 1 aliphatic heterocycles. The number of aryl methyl sites for hydroxylation is 3. The Morgan fingerprint density at radius 3 is 2.24 bits per heavy atom. The second-order valence-corrected chi connectivity index (χ2v) is 8.60. The van der Waals surface area contributed by atoms with Crippen molar-refractivity contribution in [2.45, 2.75) is 25.7 Å². The standard InChI is InChI=1S/C17H21ClN4O2S/c1-12-11-16(13(2)10-15(12)18)25(23,24)22-8-6-21(7-9-22)17-5-4-14(3)19-20-17/h4-5,10-11H,6-9H2,1-3H3. The smallest absolute Gasteiger partial charge is 0.243 e. The van der Waals surface area contributed by atoms with Gasteiger partial charge in [0.15, 0.2) is 5.82 Å². The largest absolute Gasteiger partial charge is 0.352 e. The Kier molecular flexibility index (Phi) is 4.99. The topological polar surface area (TPSA) is 66.4 Å². The Hall–Kier alpha value is -1.70. The van der Waals surface area contributed by atoms with Crippen LogP contribution in [0, 0.1) is 20.8 Å². The van der Waals surface area contributed by atoms with E-state index in [0.717, 1.165) is 17.1 Å². The van der Waals surface area contributed by atoms with Crippen LogP contribution in [0.4, 0.5) is 5.82 Å². The summed E-state index contributed by atoms with van der Waals surface area (Å²) in [4.78, 5) is 2.39. The van der Waals surface area contributed by atoms with Gasteiger partial charge in [0.2, 0.25) is 10.0 Å². The first-order valence-electron chi connectivity index (χ1n) is 8.11. The van der Waals surface area contributed by atoms with Crippen LogP contribution in [0.1, 0.15) is 16.8 Å². The average molecular weight is 381 g/mol. The van der Waals surface area contributed by atoms with E-state index in [9.17, 15) is 8.42 Å². The van der Waals surface area contributed by atoms with E-state index < -0.39 is 10.0 Å². The maximum absolute atomic E-state index is 13.0. The lowest BCUT2D eigenvalue weighted by molar-refractivity contribution is 0.383. The maximum Gasteiger partial charge on any atom is 0.243 e. The van der Waals surface area contributed by atoms with Crippen molar-refractivity contribution in [1.82, 2.24) is 14.5 Å². The molecular formula is C17H21ClN4O2S. The summed E-state index contributed by atoms with van der Waals surface area (Å²) in [5.74, 6) is 0.779. The Morgan fingerprint density at radius 1 is 0.960 bits per heavy atom. The van der Waals surface area contributed by atoms with Crippen LogP contribution in [-0.2, 0) is 10.0 Å². The van der Waals surface area contributed by atoms with Crippen molar-refractivity contribution in [2.75, 3.05) is 31.1 Å². The summed E-state index contributed by atoms with van der Waals surface area (Å²) >= 11 is 6.09. The number of halogens is 1. The lowest BCUT2D eigenvalue weighted by atomic mass is 10.2. The van der Waals surface area contributed by atoms with E-state index in [2.05, 4.69) is 15.1 Å². The summed E-state index contributed by atoms with van der Waals surface area (Å²) in [6.07, 6.45) is 0. The third kappa shape index (κ3) is 3.63. The Morgan fingerprint density at radius 2 is 1.64 bits per heavy atom. The zero-order chi connectivity index (χ0) is 18.2. The zero-order valence-electron chi connectivity index (χ0n) is 14.5. The van der Waals surface area contributed by atoms with Crippen LogP contribution in [0.3, 0.4) is 0 Å². The van der Waals surface area contributed by atoms with Crippen molar-refractivity contribution in [2.24, 2.45) is 0 Å². The van der Waals surface area contributed by atoms with Crippen molar-refractivity contribution >= 4 is 27.4 Å². The summed E-state index contributed by atoms with van der Waals surface area (Å²) in [6.45, 7) is 7.48. The van der Waals surface area contributed by atoms with E-state index in [-0.39, 0.29) is 0 Å². The highest BCUT2D eigenvalue weighted by molar-refractivity contribution is 7.89. The molecule has 6 nitrogen and oxygen atoms in total. The second kappa shape index (κ2) is 6.90. The first kappa shape index (κ1) is 18.1. The average Bonchev–Trinajstić information content (AvgIpc) is 2.59. The Balaban J connectivity index is 1.78. The number of sulfonamides is 1. The molecular weight excluding hydrogens is 360 g/mol. The second-order valence-electron chi connectivity index (χ2n) is 6.29. The maximum atomic E-state index is 13.0. The van der Waals surface area contributed by atoms with Gasteiger partial charge in [-0.15, -0.1) is 5.10 Å². The van der Waals surface area contributed by atoms with Crippen LogP contribution < -0.4 is 4.90 Å². The zero-order valence-corrected chi connectivity index (χ0v) is 16.1. The lowest BCUT2D eigenvalue weighted by Gasteiger charge is -2.34. The summed E-state index contributed by atoms with van der Waals surface area (Å²) in [7, 11) is -3.53. The molecule has 2 aromatic rings. The highest BCUT2D eigenvalue weighted by atomic mass is 35.5. The summed E-state index contributed by atoms with van der Waals surface area (Å²) in [6, 6.07) is 7.19. The number of aromatic nitrogens is 2. The third-order valence-corrected chi connectivity index (χ3v) is 6.87. The minimum Gasteiger partial charge on any atom is -0.352 e. The van der Waals surface area contributed by atoms with Gasteiger partial charge in [-0.2, -0.15) is 9.40 Å². The molecule has 0 radical (unpaired) electrons. The molecule has 3 rings (SSSR count). The van der Waals surface area contributed by atoms with E-state index in [0.29, 0.717) is 41.7 Å². The molecule has 25 heavy (non-hydrogen) atoms. The third-order valence-electron chi connectivity index (χ3n) is 4.42. The first-order valence-corrected chi connectivity index (χ1v) is 9.93. The molecule has 1 aromatic carbocycles. The van der Waals surface area contributed by atoms with Gasteiger partial charge in [-0.05, 0) is 56.2 Å². The van der Waals surface area contributed by atoms with E-state index in [1.54, 1.807) is 19.1 Å². The number of anilines is 1. The van der Waals surface area contributed by atoms with Gasteiger partial charge in [0.25, 0.3) is 0 Å². The number of benzene rings is 1. The fraction of sp³-hybridized carbons (Fsp3) is 0.412. The van der Waals surface area contributed by atoms with Crippen molar-refractivity contribution in [3.8, 4) is 0 Å². The van der Waals surface area contributed by atoms with E-state index >= 15 is 0 Å². The van der Waals surface area contributed by atoms with Gasteiger partial charge in [-0.3, -0.25) is 0 Å². The molecule has 0 aliphatic carbocycles. The molecule has 8 heteroatoms. The normalized spacial score (nSPS) is 16.2. The minimum absolute atomic E-state index is 0.331.